The highest BCUT2D eigenvalue weighted by molar-refractivity contribution is 6.33. The van der Waals surface area contributed by atoms with Gasteiger partial charge in [0.1, 0.15) is 12.4 Å². The van der Waals surface area contributed by atoms with Gasteiger partial charge >= 0.3 is 0 Å². The molecule has 1 aromatic heterocycles. The van der Waals surface area contributed by atoms with E-state index in [1.165, 1.54) is 0 Å². The minimum atomic E-state index is 0.0455. The van der Waals surface area contributed by atoms with Crippen LogP contribution in [0.3, 0.4) is 0 Å². The van der Waals surface area contributed by atoms with E-state index >= 15 is 0 Å². The predicted octanol–water partition coefficient (Wildman–Crippen LogP) is 3.70. The number of hydrogen-bond acceptors (Lipinski definition) is 3. The normalized spacial score (nSPS) is 9.86. The summed E-state index contributed by atoms with van der Waals surface area (Å²) in [5, 5.41) is 9.91. The zero-order valence-corrected chi connectivity index (χ0v) is 12.7. The number of nitrogens with zero attached hydrogens (tertiary/aromatic N) is 1. The molecule has 3 nitrogen and oxygen atoms in total. The van der Waals surface area contributed by atoms with E-state index in [-0.39, 0.29) is 6.61 Å². The number of ether oxygens (including phenoxy) is 1. The molecule has 108 valence electrons. The number of aromatic nitrogens is 1. The van der Waals surface area contributed by atoms with Crippen molar-refractivity contribution >= 4 is 23.2 Å². The summed E-state index contributed by atoms with van der Waals surface area (Å²) in [6, 6.07) is 7.02. The zero-order chi connectivity index (χ0) is 15.1. The van der Waals surface area contributed by atoms with Crippen LogP contribution in [0.25, 0.3) is 0 Å². The smallest absolute Gasteiger partial charge is 0.139 e. The molecule has 0 aliphatic heterocycles. The molecule has 2 aromatic rings. The molecule has 5 heteroatoms. The second-order valence-electron chi connectivity index (χ2n) is 4.21. The fraction of sp³-hybridized carbons (Fsp3) is 0.188. The molecule has 2 rings (SSSR count). The molecule has 21 heavy (non-hydrogen) atoms. The highest BCUT2D eigenvalue weighted by atomic mass is 35.5. The molecule has 1 heterocycles. The van der Waals surface area contributed by atoms with Crippen molar-refractivity contribution in [3.05, 3.63) is 57.8 Å². The van der Waals surface area contributed by atoms with Crippen molar-refractivity contribution in [3.63, 3.8) is 0 Å². The van der Waals surface area contributed by atoms with Crippen molar-refractivity contribution in [2.24, 2.45) is 0 Å². The number of rotatable bonds is 4. The van der Waals surface area contributed by atoms with Crippen molar-refractivity contribution < 1.29 is 9.84 Å². The number of hydrogen-bond donors (Lipinski definition) is 1. The van der Waals surface area contributed by atoms with Gasteiger partial charge in [0.2, 0.25) is 0 Å². The minimum Gasteiger partial charge on any atom is -0.487 e. The van der Waals surface area contributed by atoms with Gasteiger partial charge in [-0.05, 0) is 24.3 Å². The van der Waals surface area contributed by atoms with Gasteiger partial charge in [-0.15, -0.1) is 0 Å². The summed E-state index contributed by atoms with van der Waals surface area (Å²) in [6.07, 6.45) is 3.68. The second-order valence-corrected chi connectivity index (χ2v) is 5.05. The van der Waals surface area contributed by atoms with Crippen LogP contribution < -0.4 is 4.74 Å². The van der Waals surface area contributed by atoms with E-state index in [9.17, 15) is 0 Å². The van der Waals surface area contributed by atoms with Gasteiger partial charge in [-0.25, -0.2) is 0 Å². The third-order valence-corrected chi connectivity index (χ3v) is 3.19. The van der Waals surface area contributed by atoms with Gasteiger partial charge in [-0.2, -0.15) is 0 Å². The van der Waals surface area contributed by atoms with Crippen LogP contribution >= 0.6 is 23.2 Å². The molecule has 0 fully saturated rings. The molecule has 0 saturated heterocycles. The topological polar surface area (TPSA) is 42.4 Å². The van der Waals surface area contributed by atoms with Crippen molar-refractivity contribution in [3.8, 4) is 17.6 Å². The number of halogens is 2. The van der Waals surface area contributed by atoms with Crippen LogP contribution in [0.5, 0.6) is 5.75 Å². The summed E-state index contributed by atoms with van der Waals surface area (Å²) in [4.78, 5) is 4.07. The molecule has 0 spiro atoms. The van der Waals surface area contributed by atoms with Crippen LogP contribution in [0.2, 0.25) is 10.0 Å². The van der Waals surface area contributed by atoms with E-state index in [0.717, 1.165) is 11.1 Å². The summed E-state index contributed by atoms with van der Waals surface area (Å²) in [5.74, 6) is 6.34. The zero-order valence-electron chi connectivity index (χ0n) is 11.1. The lowest BCUT2D eigenvalue weighted by molar-refractivity contribution is 0.305. The van der Waals surface area contributed by atoms with E-state index in [0.29, 0.717) is 28.8 Å². The maximum absolute atomic E-state index is 8.69. The molecular weight excluding hydrogens is 309 g/mol. The Labute approximate surface area is 133 Å². The lowest BCUT2D eigenvalue weighted by Gasteiger charge is -2.08. The quantitative estimate of drug-likeness (QED) is 0.873. The standard InChI is InChI=1S/C16H13Cl2NO2/c17-14-4-5-16(18)13(8-14)11-21-15-7-12(9-19-10-15)3-1-2-6-20/h4-5,7-10,20H,2,6,11H2. The lowest BCUT2D eigenvalue weighted by Crippen LogP contribution is -1.97. The molecule has 0 saturated carbocycles. The van der Waals surface area contributed by atoms with E-state index in [1.54, 1.807) is 36.7 Å². The highest BCUT2D eigenvalue weighted by Crippen LogP contribution is 2.22. The third kappa shape index (κ3) is 4.95. The first-order valence-electron chi connectivity index (χ1n) is 6.30. The van der Waals surface area contributed by atoms with Gasteiger partial charge in [-0.3, -0.25) is 4.98 Å². The molecule has 0 bridgehead atoms. The van der Waals surface area contributed by atoms with Crippen LogP contribution in [0.15, 0.2) is 36.7 Å². The Morgan fingerprint density at radius 3 is 2.86 bits per heavy atom. The van der Waals surface area contributed by atoms with Crippen LogP contribution in [0.1, 0.15) is 17.5 Å². The predicted molar refractivity (Wildman–Crippen MR) is 83.6 cm³/mol. The maximum atomic E-state index is 8.69. The van der Waals surface area contributed by atoms with Gasteiger partial charge in [0.05, 0.1) is 12.8 Å². The molecule has 0 unspecified atom stereocenters. The van der Waals surface area contributed by atoms with Crippen LogP contribution in [0.4, 0.5) is 0 Å². The highest BCUT2D eigenvalue weighted by Gasteiger charge is 2.03. The fourth-order valence-electron chi connectivity index (χ4n) is 1.60. The summed E-state index contributed by atoms with van der Waals surface area (Å²) in [7, 11) is 0. The first kappa shape index (κ1) is 15.7. The number of pyridine rings is 1. The van der Waals surface area contributed by atoms with Gasteiger partial charge < -0.3 is 9.84 Å². The number of benzene rings is 1. The van der Waals surface area contributed by atoms with Crippen molar-refractivity contribution in [2.45, 2.75) is 13.0 Å². The number of aliphatic hydroxyl groups excluding tert-OH is 1. The molecule has 0 amide bonds. The SMILES string of the molecule is OCCC#Cc1cncc(OCc2cc(Cl)ccc2Cl)c1. The van der Waals surface area contributed by atoms with Crippen molar-refractivity contribution in [1.29, 1.82) is 0 Å². The van der Waals surface area contributed by atoms with Crippen LogP contribution in [-0.2, 0) is 6.61 Å². The molecule has 0 aliphatic rings. The van der Waals surface area contributed by atoms with E-state index < -0.39 is 0 Å². The summed E-state index contributed by atoms with van der Waals surface area (Å²) < 4.78 is 5.65. The Hall–Kier alpha value is -1.73. The fourth-order valence-corrected chi connectivity index (χ4v) is 1.97. The van der Waals surface area contributed by atoms with E-state index in [2.05, 4.69) is 16.8 Å². The van der Waals surface area contributed by atoms with E-state index in [4.69, 9.17) is 33.0 Å². The summed E-state index contributed by atoms with van der Waals surface area (Å²) in [6.45, 7) is 0.346. The Morgan fingerprint density at radius 2 is 2.05 bits per heavy atom. The average Bonchev–Trinajstić information content (AvgIpc) is 2.49. The first-order chi connectivity index (χ1) is 10.2. The van der Waals surface area contributed by atoms with Crippen molar-refractivity contribution in [2.75, 3.05) is 6.61 Å². The lowest BCUT2D eigenvalue weighted by atomic mass is 10.2. The Balaban J connectivity index is 2.05. The number of aliphatic hydroxyl groups is 1. The third-order valence-electron chi connectivity index (χ3n) is 2.58. The average molecular weight is 322 g/mol. The Kier molecular flexibility index (Phi) is 5.89. The maximum Gasteiger partial charge on any atom is 0.139 e. The van der Waals surface area contributed by atoms with Crippen LogP contribution in [0, 0.1) is 11.8 Å². The summed E-state index contributed by atoms with van der Waals surface area (Å²) >= 11 is 12.0. The van der Waals surface area contributed by atoms with Crippen LogP contribution in [-0.4, -0.2) is 16.7 Å². The van der Waals surface area contributed by atoms with Crippen molar-refractivity contribution in [1.82, 2.24) is 4.98 Å². The minimum absolute atomic E-state index is 0.0455. The molecular formula is C16H13Cl2NO2. The molecule has 0 aliphatic carbocycles. The summed E-state index contributed by atoms with van der Waals surface area (Å²) in [5.41, 5.74) is 1.54. The molecule has 1 N–H and O–H groups in total. The molecule has 0 radical (unpaired) electrons. The first-order valence-corrected chi connectivity index (χ1v) is 7.06. The Morgan fingerprint density at radius 1 is 1.19 bits per heavy atom. The monoisotopic (exact) mass is 321 g/mol. The molecule has 0 atom stereocenters. The largest absolute Gasteiger partial charge is 0.487 e. The Bertz CT molecular complexity index is 677. The van der Waals surface area contributed by atoms with Gasteiger partial charge in [0, 0.05) is 33.8 Å². The van der Waals surface area contributed by atoms with E-state index in [1.807, 2.05) is 0 Å². The molecule has 1 aromatic carbocycles. The van der Waals surface area contributed by atoms with Gasteiger partial charge in [0.25, 0.3) is 0 Å². The van der Waals surface area contributed by atoms with Gasteiger partial charge in [-0.1, -0.05) is 35.0 Å². The van der Waals surface area contributed by atoms with Gasteiger partial charge in [0.15, 0.2) is 0 Å². The second kappa shape index (κ2) is 7.90.